The molecule has 0 bridgehead atoms. The van der Waals surface area contributed by atoms with Gasteiger partial charge in [0.25, 0.3) is 0 Å². The van der Waals surface area contributed by atoms with Gasteiger partial charge in [0, 0.05) is 26.7 Å². The Morgan fingerprint density at radius 1 is 1.42 bits per heavy atom. The maximum Gasteiger partial charge on any atom is 0.225 e. The predicted octanol–water partition coefficient (Wildman–Crippen LogP) is 1.61. The van der Waals surface area contributed by atoms with E-state index in [0.29, 0.717) is 13.2 Å². The smallest absolute Gasteiger partial charge is 0.225 e. The molecule has 0 spiro atoms. The number of hydrogen-bond acceptors (Lipinski definition) is 3. The molecule has 0 aliphatic carbocycles. The second-order valence-electron chi connectivity index (χ2n) is 4.78. The molecule has 19 heavy (non-hydrogen) atoms. The maximum absolute atomic E-state index is 11.7. The third kappa shape index (κ3) is 4.20. The lowest BCUT2D eigenvalue weighted by Crippen LogP contribution is -2.31. The Morgan fingerprint density at radius 3 is 2.89 bits per heavy atom. The highest BCUT2D eigenvalue weighted by molar-refractivity contribution is 5.85. The van der Waals surface area contributed by atoms with E-state index in [2.05, 4.69) is 28.8 Å². The standard InChI is InChI=1S/C14H20N2O2.ClH/c1-10(9-18-2)14(17)16-6-11-3-4-12-7-15-8-13(12)5-11;/h3-5,10,15H,6-9H2,1-2H3,(H,16,17);1H. The molecule has 2 rings (SSSR count). The van der Waals surface area contributed by atoms with Crippen LogP contribution in [0.3, 0.4) is 0 Å². The molecule has 0 radical (unpaired) electrons. The quantitative estimate of drug-likeness (QED) is 0.864. The number of fused-ring (bicyclic) bond motifs is 1. The van der Waals surface area contributed by atoms with Crippen molar-refractivity contribution in [1.82, 2.24) is 10.6 Å². The van der Waals surface area contributed by atoms with Crippen LogP contribution in [-0.2, 0) is 29.2 Å². The number of amides is 1. The van der Waals surface area contributed by atoms with Crippen LogP contribution in [0.1, 0.15) is 23.6 Å². The van der Waals surface area contributed by atoms with Crippen molar-refractivity contribution in [3.05, 3.63) is 34.9 Å². The molecule has 1 aromatic carbocycles. The summed E-state index contributed by atoms with van der Waals surface area (Å²) in [5.41, 5.74) is 3.85. The number of benzene rings is 1. The fourth-order valence-electron chi connectivity index (χ4n) is 2.15. The van der Waals surface area contributed by atoms with Crippen molar-refractivity contribution < 1.29 is 9.53 Å². The van der Waals surface area contributed by atoms with E-state index >= 15 is 0 Å². The first-order valence-corrected chi connectivity index (χ1v) is 6.28. The Balaban J connectivity index is 0.00000180. The molecule has 1 unspecified atom stereocenters. The van der Waals surface area contributed by atoms with E-state index in [1.165, 1.54) is 11.1 Å². The molecule has 0 saturated carbocycles. The topological polar surface area (TPSA) is 50.4 Å². The summed E-state index contributed by atoms with van der Waals surface area (Å²) in [4.78, 5) is 11.7. The summed E-state index contributed by atoms with van der Waals surface area (Å²) in [6.45, 7) is 4.79. The second-order valence-corrected chi connectivity index (χ2v) is 4.78. The van der Waals surface area contributed by atoms with Gasteiger partial charge < -0.3 is 15.4 Å². The zero-order chi connectivity index (χ0) is 13.0. The van der Waals surface area contributed by atoms with E-state index in [4.69, 9.17) is 4.74 Å². The predicted molar refractivity (Wildman–Crippen MR) is 77.1 cm³/mol. The Morgan fingerprint density at radius 2 is 2.16 bits per heavy atom. The van der Waals surface area contributed by atoms with Crippen LogP contribution in [0, 0.1) is 5.92 Å². The first kappa shape index (κ1) is 16.0. The first-order chi connectivity index (χ1) is 8.70. The van der Waals surface area contributed by atoms with Crippen LogP contribution in [0.5, 0.6) is 0 Å². The van der Waals surface area contributed by atoms with Crippen LogP contribution >= 0.6 is 12.4 Å². The Labute approximate surface area is 120 Å². The largest absolute Gasteiger partial charge is 0.384 e. The minimum Gasteiger partial charge on any atom is -0.384 e. The van der Waals surface area contributed by atoms with E-state index in [1.807, 2.05) is 6.92 Å². The summed E-state index contributed by atoms with van der Waals surface area (Å²) >= 11 is 0. The minimum atomic E-state index is -0.105. The van der Waals surface area contributed by atoms with E-state index in [1.54, 1.807) is 7.11 Å². The molecule has 1 amide bonds. The third-order valence-corrected chi connectivity index (χ3v) is 3.23. The summed E-state index contributed by atoms with van der Waals surface area (Å²) in [6.07, 6.45) is 0. The van der Waals surface area contributed by atoms with Gasteiger partial charge in [-0.3, -0.25) is 4.79 Å². The lowest BCUT2D eigenvalue weighted by Gasteiger charge is -2.11. The zero-order valence-corrected chi connectivity index (χ0v) is 12.2. The van der Waals surface area contributed by atoms with Crippen LogP contribution in [0.25, 0.3) is 0 Å². The SMILES string of the molecule is COCC(C)C(=O)NCc1ccc2c(c1)CNC2.Cl. The van der Waals surface area contributed by atoms with E-state index in [0.717, 1.165) is 18.7 Å². The van der Waals surface area contributed by atoms with Crippen molar-refractivity contribution in [2.45, 2.75) is 26.6 Å². The number of nitrogens with one attached hydrogen (secondary N) is 2. The number of hydrogen-bond donors (Lipinski definition) is 2. The molecule has 5 heteroatoms. The summed E-state index contributed by atoms with van der Waals surface area (Å²) in [7, 11) is 1.61. The van der Waals surface area contributed by atoms with Gasteiger partial charge in [-0.2, -0.15) is 0 Å². The van der Waals surface area contributed by atoms with Gasteiger partial charge in [-0.25, -0.2) is 0 Å². The van der Waals surface area contributed by atoms with Gasteiger partial charge >= 0.3 is 0 Å². The van der Waals surface area contributed by atoms with Crippen LogP contribution in [-0.4, -0.2) is 19.6 Å². The van der Waals surface area contributed by atoms with Crippen molar-refractivity contribution in [3.63, 3.8) is 0 Å². The maximum atomic E-state index is 11.7. The van der Waals surface area contributed by atoms with Crippen LogP contribution in [0.15, 0.2) is 18.2 Å². The molecular formula is C14H21ClN2O2. The van der Waals surface area contributed by atoms with Gasteiger partial charge in [-0.05, 0) is 16.7 Å². The molecule has 2 N–H and O–H groups in total. The van der Waals surface area contributed by atoms with Crippen LogP contribution < -0.4 is 10.6 Å². The summed E-state index contributed by atoms with van der Waals surface area (Å²) in [6, 6.07) is 6.37. The highest BCUT2D eigenvalue weighted by Gasteiger charge is 2.13. The first-order valence-electron chi connectivity index (χ1n) is 6.28. The van der Waals surface area contributed by atoms with Crippen LogP contribution in [0.4, 0.5) is 0 Å². The van der Waals surface area contributed by atoms with Gasteiger partial charge in [0.2, 0.25) is 5.91 Å². The average Bonchev–Trinajstić information content (AvgIpc) is 2.83. The second kappa shape index (κ2) is 7.48. The monoisotopic (exact) mass is 284 g/mol. The van der Waals surface area contributed by atoms with Gasteiger partial charge in [0.05, 0.1) is 12.5 Å². The molecule has 1 aliphatic heterocycles. The molecule has 1 aliphatic rings. The Kier molecular flexibility index (Phi) is 6.28. The van der Waals surface area contributed by atoms with Crippen molar-refractivity contribution >= 4 is 18.3 Å². The van der Waals surface area contributed by atoms with E-state index < -0.39 is 0 Å². The lowest BCUT2D eigenvalue weighted by atomic mass is 10.1. The number of rotatable bonds is 5. The van der Waals surface area contributed by atoms with Gasteiger partial charge in [-0.1, -0.05) is 25.1 Å². The molecule has 0 saturated heterocycles. The normalized spacial score (nSPS) is 14.4. The number of carbonyl (C=O) groups is 1. The highest BCUT2D eigenvalue weighted by atomic mass is 35.5. The van der Waals surface area contributed by atoms with Crippen molar-refractivity contribution in [3.8, 4) is 0 Å². The summed E-state index contributed by atoms with van der Waals surface area (Å²) in [5, 5.41) is 6.25. The molecule has 1 atom stereocenters. The van der Waals surface area contributed by atoms with Gasteiger partial charge in [0.15, 0.2) is 0 Å². The molecular weight excluding hydrogens is 264 g/mol. The zero-order valence-electron chi connectivity index (χ0n) is 11.4. The fraction of sp³-hybridized carbons (Fsp3) is 0.500. The number of ether oxygens (including phenoxy) is 1. The summed E-state index contributed by atoms with van der Waals surface area (Å²) in [5.74, 6) is -0.0680. The Bertz CT molecular complexity index is 437. The third-order valence-electron chi connectivity index (χ3n) is 3.23. The van der Waals surface area contributed by atoms with E-state index in [9.17, 15) is 4.79 Å². The van der Waals surface area contributed by atoms with Crippen LogP contribution in [0.2, 0.25) is 0 Å². The summed E-state index contributed by atoms with van der Waals surface area (Å²) < 4.78 is 4.97. The molecule has 0 aromatic heterocycles. The fourth-order valence-corrected chi connectivity index (χ4v) is 2.15. The average molecular weight is 285 g/mol. The van der Waals surface area contributed by atoms with Gasteiger partial charge in [0.1, 0.15) is 0 Å². The Hall–Kier alpha value is -1.10. The number of carbonyl (C=O) groups excluding carboxylic acids is 1. The van der Waals surface area contributed by atoms with E-state index in [-0.39, 0.29) is 24.2 Å². The lowest BCUT2D eigenvalue weighted by molar-refractivity contribution is -0.126. The molecule has 1 aromatic rings. The van der Waals surface area contributed by atoms with Crippen molar-refractivity contribution in [1.29, 1.82) is 0 Å². The number of halogens is 1. The molecule has 4 nitrogen and oxygen atoms in total. The van der Waals surface area contributed by atoms with Crippen molar-refractivity contribution in [2.24, 2.45) is 5.92 Å². The van der Waals surface area contributed by atoms with Crippen molar-refractivity contribution in [2.75, 3.05) is 13.7 Å². The molecule has 0 fully saturated rings. The van der Waals surface area contributed by atoms with Gasteiger partial charge in [-0.15, -0.1) is 12.4 Å². The highest BCUT2D eigenvalue weighted by Crippen LogP contribution is 2.16. The number of methoxy groups -OCH3 is 1. The molecule has 1 heterocycles. The minimum absolute atomic E-state index is 0. The molecule has 106 valence electrons.